The van der Waals surface area contributed by atoms with Crippen LogP contribution in [0.1, 0.15) is 30.2 Å². The van der Waals surface area contributed by atoms with Crippen molar-refractivity contribution in [2.24, 2.45) is 0 Å². The van der Waals surface area contributed by atoms with Crippen molar-refractivity contribution in [3.05, 3.63) is 66.1 Å². The number of piperidine rings is 1. The maximum Gasteiger partial charge on any atom is 0.317 e. The Bertz CT molecular complexity index is 949. The molecular weight excluding hydrogens is 368 g/mol. The van der Waals surface area contributed by atoms with Crippen molar-refractivity contribution < 1.29 is 14.1 Å². The van der Waals surface area contributed by atoms with Gasteiger partial charge in [0.25, 0.3) is 0 Å². The third-order valence-corrected chi connectivity index (χ3v) is 5.19. The molecule has 29 heavy (non-hydrogen) atoms. The zero-order valence-corrected chi connectivity index (χ0v) is 16.4. The van der Waals surface area contributed by atoms with Crippen LogP contribution in [-0.2, 0) is 6.54 Å². The number of carbonyl (C=O) groups is 1. The molecule has 0 spiro atoms. The highest BCUT2D eigenvalue weighted by atomic mass is 16.5. The molecule has 1 aliphatic rings. The first-order chi connectivity index (χ1) is 14.2. The highest BCUT2D eigenvalue weighted by Gasteiger charge is 2.27. The van der Waals surface area contributed by atoms with E-state index in [-0.39, 0.29) is 11.9 Å². The summed E-state index contributed by atoms with van der Waals surface area (Å²) in [5, 5.41) is 7.10. The maximum atomic E-state index is 12.4. The van der Waals surface area contributed by atoms with E-state index in [9.17, 15) is 4.79 Å². The molecule has 1 N–H and O–H groups in total. The fourth-order valence-electron chi connectivity index (χ4n) is 3.50. The summed E-state index contributed by atoms with van der Waals surface area (Å²) < 4.78 is 10.8. The minimum atomic E-state index is -0.0325. The van der Waals surface area contributed by atoms with Gasteiger partial charge in [0.1, 0.15) is 5.75 Å². The number of likely N-dealkylation sites (tertiary alicyclic amines) is 1. The van der Waals surface area contributed by atoms with Gasteiger partial charge in [-0.25, -0.2) is 4.79 Å². The lowest BCUT2D eigenvalue weighted by Crippen LogP contribution is -2.43. The van der Waals surface area contributed by atoms with Crippen molar-refractivity contribution in [1.82, 2.24) is 20.4 Å². The second-order valence-corrected chi connectivity index (χ2v) is 7.09. The highest BCUT2D eigenvalue weighted by molar-refractivity contribution is 5.74. The molecule has 1 fully saturated rings. The molecule has 0 aliphatic carbocycles. The Morgan fingerprint density at radius 1 is 1.17 bits per heavy atom. The van der Waals surface area contributed by atoms with Crippen LogP contribution >= 0.6 is 0 Å². The van der Waals surface area contributed by atoms with Gasteiger partial charge in [0.05, 0.1) is 7.11 Å². The molecule has 7 heteroatoms. The number of methoxy groups -OCH3 is 1. The number of amides is 2. The van der Waals surface area contributed by atoms with Crippen molar-refractivity contribution in [1.29, 1.82) is 0 Å². The lowest BCUT2D eigenvalue weighted by atomic mass is 9.97. The molecule has 0 bridgehead atoms. The fourth-order valence-corrected chi connectivity index (χ4v) is 3.50. The molecule has 7 nitrogen and oxygen atoms in total. The predicted octanol–water partition coefficient (Wildman–Crippen LogP) is 3.83. The summed E-state index contributed by atoms with van der Waals surface area (Å²) in [5.41, 5.74) is 1.95. The largest absolute Gasteiger partial charge is 0.497 e. The first-order valence-electron chi connectivity index (χ1n) is 9.77. The normalized spacial score (nSPS) is 14.6. The van der Waals surface area contributed by atoms with E-state index in [2.05, 4.69) is 15.5 Å². The smallest absolute Gasteiger partial charge is 0.317 e. The van der Waals surface area contributed by atoms with Gasteiger partial charge in [0.2, 0.25) is 11.7 Å². The van der Waals surface area contributed by atoms with Gasteiger partial charge in [-0.1, -0.05) is 47.6 Å². The van der Waals surface area contributed by atoms with Crippen LogP contribution in [0, 0.1) is 0 Å². The Kier molecular flexibility index (Phi) is 5.74. The van der Waals surface area contributed by atoms with Crippen LogP contribution in [0.25, 0.3) is 11.4 Å². The quantitative estimate of drug-likeness (QED) is 0.714. The van der Waals surface area contributed by atoms with E-state index in [1.165, 1.54) is 0 Å². The summed E-state index contributed by atoms with van der Waals surface area (Å²) in [4.78, 5) is 18.8. The number of nitrogens with zero attached hydrogens (tertiary/aromatic N) is 3. The van der Waals surface area contributed by atoms with Crippen molar-refractivity contribution in [3.8, 4) is 17.1 Å². The van der Waals surface area contributed by atoms with Gasteiger partial charge < -0.3 is 19.5 Å². The van der Waals surface area contributed by atoms with Crippen LogP contribution < -0.4 is 10.1 Å². The number of urea groups is 1. The van der Waals surface area contributed by atoms with Crippen LogP contribution in [0.15, 0.2) is 59.1 Å². The van der Waals surface area contributed by atoms with E-state index >= 15 is 0 Å². The molecule has 150 valence electrons. The molecule has 0 atom stereocenters. The van der Waals surface area contributed by atoms with Crippen LogP contribution in [0.2, 0.25) is 0 Å². The molecular formula is C22H24N4O3. The summed E-state index contributed by atoms with van der Waals surface area (Å²) >= 11 is 0. The molecule has 0 unspecified atom stereocenters. The Labute approximate surface area is 169 Å². The molecule has 0 saturated carbocycles. The van der Waals surface area contributed by atoms with Crippen LogP contribution in [0.3, 0.4) is 0 Å². The Balaban J connectivity index is 1.31. The Hall–Kier alpha value is -3.35. The van der Waals surface area contributed by atoms with Gasteiger partial charge in [0.15, 0.2) is 0 Å². The van der Waals surface area contributed by atoms with Gasteiger partial charge >= 0.3 is 6.03 Å². The number of benzene rings is 2. The van der Waals surface area contributed by atoms with Gasteiger partial charge in [-0.2, -0.15) is 4.98 Å². The first kappa shape index (κ1) is 19.0. The molecule has 1 saturated heterocycles. The zero-order chi connectivity index (χ0) is 20.1. The van der Waals surface area contributed by atoms with Gasteiger partial charge in [-0.15, -0.1) is 0 Å². The molecule has 4 rings (SSSR count). The van der Waals surface area contributed by atoms with Crippen molar-refractivity contribution in [3.63, 3.8) is 0 Å². The number of hydrogen-bond donors (Lipinski definition) is 1. The molecule has 1 aliphatic heterocycles. The highest BCUT2D eigenvalue weighted by Crippen LogP contribution is 2.29. The van der Waals surface area contributed by atoms with Crippen LogP contribution in [0.4, 0.5) is 4.79 Å². The van der Waals surface area contributed by atoms with Crippen LogP contribution in [-0.4, -0.2) is 41.3 Å². The SMILES string of the molecule is COc1cccc(-c2noc(C3CCN(C(=O)NCc4ccccc4)CC3)n2)c1. The monoisotopic (exact) mass is 392 g/mol. The Morgan fingerprint density at radius 3 is 2.72 bits per heavy atom. The second-order valence-electron chi connectivity index (χ2n) is 7.09. The van der Waals surface area contributed by atoms with Gasteiger partial charge in [-0.3, -0.25) is 0 Å². The summed E-state index contributed by atoms with van der Waals surface area (Å²) in [6.07, 6.45) is 1.61. The lowest BCUT2D eigenvalue weighted by Gasteiger charge is -2.30. The standard InChI is InChI=1S/C22H24N4O3/c1-28-19-9-5-8-18(14-19)20-24-21(29-25-20)17-10-12-26(13-11-17)22(27)23-15-16-6-3-2-4-7-16/h2-9,14,17H,10-13,15H2,1H3,(H,23,27). The summed E-state index contributed by atoms with van der Waals surface area (Å²) in [7, 11) is 1.63. The summed E-state index contributed by atoms with van der Waals surface area (Å²) in [6, 6.07) is 17.5. The predicted molar refractivity (Wildman–Crippen MR) is 109 cm³/mol. The summed E-state index contributed by atoms with van der Waals surface area (Å²) in [5.74, 6) is 2.11. The first-order valence-corrected chi connectivity index (χ1v) is 9.77. The van der Waals surface area contributed by atoms with E-state index in [0.717, 1.165) is 29.7 Å². The average molecular weight is 392 g/mol. The minimum Gasteiger partial charge on any atom is -0.497 e. The second kappa shape index (κ2) is 8.77. The molecule has 2 heterocycles. The molecule has 1 aromatic heterocycles. The van der Waals surface area contributed by atoms with Crippen molar-refractivity contribution >= 4 is 6.03 Å². The maximum absolute atomic E-state index is 12.4. The molecule has 0 radical (unpaired) electrons. The lowest BCUT2D eigenvalue weighted by molar-refractivity contribution is 0.175. The van der Waals surface area contributed by atoms with Crippen molar-refractivity contribution in [2.45, 2.75) is 25.3 Å². The van der Waals surface area contributed by atoms with Gasteiger partial charge in [-0.05, 0) is 30.5 Å². The number of aromatic nitrogens is 2. The van der Waals surface area contributed by atoms with E-state index in [0.29, 0.717) is 31.3 Å². The number of hydrogen-bond acceptors (Lipinski definition) is 5. The number of ether oxygens (including phenoxy) is 1. The number of rotatable bonds is 5. The van der Waals surface area contributed by atoms with E-state index < -0.39 is 0 Å². The van der Waals surface area contributed by atoms with Crippen molar-refractivity contribution in [2.75, 3.05) is 20.2 Å². The van der Waals surface area contributed by atoms with E-state index in [1.54, 1.807) is 7.11 Å². The number of nitrogens with one attached hydrogen (secondary N) is 1. The third kappa shape index (κ3) is 4.56. The summed E-state index contributed by atoms with van der Waals surface area (Å²) in [6.45, 7) is 1.87. The molecule has 3 aromatic rings. The zero-order valence-electron chi connectivity index (χ0n) is 16.4. The minimum absolute atomic E-state index is 0.0325. The van der Waals surface area contributed by atoms with Crippen LogP contribution in [0.5, 0.6) is 5.75 Å². The number of carbonyl (C=O) groups excluding carboxylic acids is 1. The molecule has 2 amide bonds. The van der Waals surface area contributed by atoms with E-state index in [4.69, 9.17) is 9.26 Å². The Morgan fingerprint density at radius 2 is 1.97 bits per heavy atom. The average Bonchev–Trinajstić information content (AvgIpc) is 3.29. The van der Waals surface area contributed by atoms with Gasteiger partial charge in [0, 0.05) is 31.1 Å². The fraction of sp³-hybridized carbons (Fsp3) is 0.318. The van der Waals surface area contributed by atoms with E-state index in [1.807, 2.05) is 59.5 Å². The molecule has 2 aromatic carbocycles. The third-order valence-electron chi connectivity index (χ3n) is 5.19. The topological polar surface area (TPSA) is 80.5 Å².